The molecule has 1 aliphatic rings. The average Bonchev–Trinajstić information content (AvgIpc) is 3.32. The van der Waals surface area contributed by atoms with Gasteiger partial charge in [-0.25, -0.2) is 9.07 Å². The molecule has 0 saturated heterocycles. The minimum absolute atomic E-state index is 0.0750. The lowest BCUT2D eigenvalue weighted by molar-refractivity contribution is -0.159. The number of nitrogens with one attached hydrogen (secondary N) is 1. The van der Waals surface area contributed by atoms with Crippen LogP contribution in [-0.4, -0.2) is 27.8 Å². The van der Waals surface area contributed by atoms with Crippen LogP contribution in [0.3, 0.4) is 0 Å². The van der Waals surface area contributed by atoms with Crippen molar-refractivity contribution in [3.63, 3.8) is 0 Å². The molecule has 0 unspecified atom stereocenters. The van der Waals surface area contributed by atoms with Crippen molar-refractivity contribution >= 4 is 17.7 Å². The number of nitrogens with zero attached hydrogens (tertiary/aromatic N) is 2. The highest BCUT2D eigenvalue weighted by molar-refractivity contribution is 5.95. The molecule has 0 bridgehead atoms. The van der Waals surface area contributed by atoms with Crippen LogP contribution in [0.4, 0.5) is 10.2 Å². The molecule has 1 amide bonds. The van der Waals surface area contributed by atoms with Crippen LogP contribution in [0.1, 0.15) is 58.1 Å². The summed E-state index contributed by atoms with van der Waals surface area (Å²) in [4.78, 5) is 25.6. The van der Waals surface area contributed by atoms with Crippen LogP contribution in [0.25, 0.3) is 0 Å². The number of amides is 1. The largest absolute Gasteiger partial charge is 0.452 e. The summed E-state index contributed by atoms with van der Waals surface area (Å²) < 4.78 is 21.6. The van der Waals surface area contributed by atoms with Crippen molar-refractivity contribution in [2.45, 2.75) is 64.0 Å². The summed E-state index contributed by atoms with van der Waals surface area (Å²) in [6, 6.07) is 8.06. The Morgan fingerprint density at radius 1 is 1.18 bits per heavy atom. The Balaban J connectivity index is 1.74. The number of rotatable bonds is 6. The van der Waals surface area contributed by atoms with Crippen molar-refractivity contribution in [3.05, 3.63) is 47.9 Å². The van der Waals surface area contributed by atoms with E-state index in [9.17, 15) is 14.0 Å². The third-order valence-corrected chi connectivity index (χ3v) is 5.30. The molecule has 7 heteroatoms. The van der Waals surface area contributed by atoms with Crippen LogP contribution >= 0.6 is 0 Å². The molecule has 3 rings (SSSR count). The predicted molar refractivity (Wildman–Crippen MR) is 103 cm³/mol. The summed E-state index contributed by atoms with van der Waals surface area (Å²) in [6.45, 7) is 5.42. The maximum absolute atomic E-state index is 14.4. The van der Waals surface area contributed by atoms with Crippen LogP contribution in [0, 0.1) is 5.82 Å². The Morgan fingerprint density at radius 3 is 2.50 bits per heavy atom. The summed E-state index contributed by atoms with van der Waals surface area (Å²) in [6.07, 6.45) is 3.25. The SMILES string of the molecule is CC(C)n1nccc1NC(=O)[C@H](C)OC(=O)C1(c2ccccc2F)CCCC1. The Labute approximate surface area is 164 Å². The lowest BCUT2D eigenvalue weighted by atomic mass is 9.78. The number of carbonyl (C=O) groups excluding carboxylic acids is 2. The monoisotopic (exact) mass is 387 g/mol. The van der Waals surface area contributed by atoms with E-state index in [2.05, 4.69) is 10.4 Å². The molecule has 1 atom stereocenters. The second kappa shape index (κ2) is 8.12. The van der Waals surface area contributed by atoms with E-state index in [1.54, 1.807) is 35.1 Å². The highest BCUT2D eigenvalue weighted by Gasteiger charge is 2.46. The van der Waals surface area contributed by atoms with E-state index in [0.717, 1.165) is 12.8 Å². The van der Waals surface area contributed by atoms with Crippen LogP contribution in [0.5, 0.6) is 0 Å². The lowest BCUT2D eigenvalue weighted by Gasteiger charge is -2.29. The average molecular weight is 387 g/mol. The first-order chi connectivity index (χ1) is 13.3. The van der Waals surface area contributed by atoms with Gasteiger partial charge >= 0.3 is 5.97 Å². The van der Waals surface area contributed by atoms with Crippen LogP contribution in [-0.2, 0) is 19.7 Å². The zero-order valence-electron chi connectivity index (χ0n) is 16.4. The van der Waals surface area contributed by atoms with Gasteiger partial charge in [-0.05, 0) is 39.7 Å². The van der Waals surface area contributed by atoms with Gasteiger partial charge in [0.2, 0.25) is 0 Å². The van der Waals surface area contributed by atoms with Gasteiger partial charge in [0.05, 0.1) is 11.6 Å². The summed E-state index contributed by atoms with van der Waals surface area (Å²) in [5, 5.41) is 6.91. The number of benzene rings is 1. The van der Waals surface area contributed by atoms with Gasteiger partial charge in [-0.2, -0.15) is 5.10 Å². The van der Waals surface area contributed by atoms with Gasteiger partial charge < -0.3 is 10.1 Å². The first-order valence-electron chi connectivity index (χ1n) is 9.65. The topological polar surface area (TPSA) is 73.2 Å². The first kappa shape index (κ1) is 20.0. The fraction of sp³-hybridized carbons (Fsp3) is 0.476. The van der Waals surface area contributed by atoms with Crippen molar-refractivity contribution in [1.29, 1.82) is 0 Å². The second-order valence-electron chi connectivity index (χ2n) is 7.56. The van der Waals surface area contributed by atoms with Crippen LogP contribution in [0.2, 0.25) is 0 Å². The minimum atomic E-state index is -1.03. The normalized spacial score (nSPS) is 16.8. The number of esters is 1. The van der Waals surface area contributed by atoms with Crippen molar-refractivity contribution in [2.75, 3.05) is 5.32 Å². The molecule has 2 aromatic rings. The maximum atomic E-state index is 14.4. The van der Waals surface area contributed by atoms with Gasteiger partial charge in [0.1, 0.15) is 11.6 Å². The maximum Gasteiger partial charge on any atom is 0.317 e. The molecule has 150 valence electrons. The van der Waals surface area contributed by atoms with E-state index >= 15 is 0 Å². The molecule has 1 heterocycles. The molecule has 0 spiro atoms. The number of aromatic nitrogens is 2. The number of hydrogen-bond acceptors (Lipinski definition) is 4. The number of halogens is 1. The van der Waals surface area contributed by atoms with Gasteiger partial charge in [-0.15, -0.1) is 0 Å². The molecule has 1 N–H and O–H groups in total. The fourth-order valence-corrected chi connectivity index (χ4v) is 3.79. The van der Waals surface area contributed by atoms with Crippen molar-refractivity contribution < 1.29 is 18.7 Å². The third kappa shape index (κ3) is 3.79. The summed E-state index contributed by atoms with van der Waals surface area (Å²) in [7, 11) is 0. The molecule has 6 nitrogen and oxygen atoms in total. The Kier molecular flexibility index (Phi) is 5.82. The lowest BCUT2D eigenvalue weighted by Crippen LogP contribution is -2.40. The molecular weight excluding hydrogens is 361 g/mol. The predicted octanol–water partition coefficient (Wildman–Crippen LogP) is 3.99. The van der Waals surface area contributed by atoms with Gasteiger partial charge in [0.15, 0.2) is 6.10 Å². The standard InChI is InChI=1S/C21H26FN3O3/c1-14(2)25-18(10-13-23-25)24-19(26)15(3)28-20(27)21(11-6-7-12-21)16-8-4-5-9-17(16)22/h4-5,8-10,13-15H,6-7,11-12H2,1-3H3,(H,24,26)/t15-/m0/s1. The van der Waals surface area contributed by atoms with E-state index < -0.39 is 29.2 Å². The van der Waals surface area contributed by atoms with E-state index in [1.807, 2.05) is 13.8 Å². The summed E-state index contributed by atoms with van der Waals surface area (Å²) >= 11 is 0. The van der Waals surface area contributed by atoms with Crippen molar-refractivity contribution in [1.82, 2.24) is 9.78 Å². The molecule has 0 aliphatic heterocycles. The van der Waals surface area contributed by atoms with Gasteiger partial charge in [0.25, 0.3) is 5.91 Å². The Morgan fingerprint density at radius 2 is 1.86 bits per heavy atom. The van der Waals surface area contributed by atoms with Gasteiger partial charge in [-0.1, -0.05) is 31.0 Å². The van der Waals surface area contributed by atoms with E-state index in [-0.39, 0.29) is 6.04 Å². The minimum Gasteiger partial charge on any atom is -0.452 e. The number of ether oxygens (including phenoxy) is 1. The van der Waals surface area contributed by atoms with E-state index in [0.29, 0.717) is 24.2 Å². The Hall–Kier alpha value is -2.70. The quantitative estimate of drug-likeness (QED) is 0.761. The molecule has 1 aromatic heterocycles. The van der Waals surface area contributed by atoms with Gasteiger partial charge in [0, 0.05) is 17.7 Å². The molecule has 0 radical (unpaired) electrons. The van der Waals surface area contributed by atoms with Crippen molar-refractivity contribution in [2.24, 2.45) is 0 Å². The first-order valence-corrected chi connectivity index (χ1v) is 9.65. The van der Waals surface area contributed by atoms with E-state index in [4.69, 9.17) is 4.74 Å². The second-order valence-corrected chi connectivity index (χ2v) is 7.56. The molecule has 1 aliphatic carbocycles. The Bertz CT molecular complexity index is 856. The zero-order chi connectivity index (χ0) is 20.3. The molecular formula is C21H26FN3O3. The third-order valence-electron chi connectivity index (χ3n) is 5.30. The highest BCUT2D eigenvalue weighted by Crippen LogP contribution is 2.43. The molecule has 1 aromatic carbocycles. The highest BCUT2D eigenvalue weighted by atomic mass is 19.1. The number of carbonyl (C=O) groups is 2. The van der Waals surface area contributed by atoms with Gasteiger partial charge in [-0.3, -0.25) is 9.59 Å². The van der Waals surface area contributed by atoms with Crippen LogP contribution in [0.15, 0.2) is 36.5 Å². The molecule has 1 saturated carbocycles. The summed E-state index contributed by atoms with van der Waals surface area (Å²) in [5.41, 5.74) is -0.678. The van der Waals surface area contributed by atoms with Crippen molar-refractivity contribution in [3.8, 4) is 0 Å². The number of hydrogen-bond donors (Lipinski definition) is 1. The molecule has 1 fully saturated rings. The fourth-order valence-electron chi connectivity index (χ4n) is 3.79. The number of anilines is 1. The zero-order valence-corrected chi connectivity index (χ0v) is 16.4. The molecule has 28 heavy (non-hydrogen) atoms. The smallest absolute Gasteiger partial charge is 0.317 e. The summed E-state index contributed by atoms with van der Waals surface area (Å²) in [5.74, 6) is -0.876. The van der Waals surface area contributed by atoms with E-state index in [1.165, 1.54) is 13.0 Å². The van der Waals surface area contributed by atoms with Crippen LogP contribution < -0.4 is 5.32 Å².